The molecule has 17 heavy (non-hydrogen) atoms. The minimum Gasteiger partial charge on any atom is -0.361 e. The third-order valence-corrected chi connectivity index (χ3v) is 2.86. The number of amides is 2. The van der Waals surface area contributed by atoms with E-state index < -0.39 is 0 Å². The van der Waals surface area contributed by atoms with Gasteiger partial charge in [-0.15, -0.1) is 0 Å². The molecule has 0 aliphatic carbocycles. The fraction of sp³-hybridized carbons (Fsp3) is 0.545. The average Bonchev–Trinajstić information content (AvgIpc) is 2.75. The van der Waals surface area contributed by atoms with Gasteiger partial charge < -0.3 is 14.3 Å². The number of piperazine rings is 1. The van der Waals surface area contributed by atoms with E-state index in [1.807, 2.05) is 0 Å². The van der Waals surface area contributed by atoms with Crippen LogP contribution < -0.4 is 0 Å². The van der Waals surface area contributed by atoms with Gasteiger partial charge in [0.2, 0.25) is 5.91 Å². The largest absolute Gasteiger partial charge is 0.361 e. The molecular weight excluding hydrogens is 222 g/mol. The molecule has 0 spiro atoms. The number of hydrogen-bond acceptors (Lipinski definition) is 4. The zero-order valence-corrected chi connectivity index (χ0v) is 9.97. The zero-order valence-electron chi connectivity index (χ0n) is 9.97. The molecule has 1 aromatic heterocycles. The van der Waals surface area contributed by atoms with Crippen molar-refractivity contribution in [2.24, 2.45) is 0 Å². The van der Waals surface area contributed by atoms with Gasteiger partial charge in [-0.25, -0.2) is 0 Å². The van der Waals surface area contributed by atoms with E-state index in [0.29, 0.717) is 37.6 Å². The van der Waals surface area contributed by atoms with Crippen molar-refractivity contribution in [1.29, 1.82) is 0 Å². The second kappa shape index (κ2) is 4.57. The lowest BCUT2D eigenvalue weighted by Gasteiger charge is -2.33. The van der Waals surface area contributed by atoms with E-state index in [4.69, 9.17) is 4.52 Å². The zero-order chi connectivity index (χ0) is 12.4. The molecule has 6 heteroatoms. The predicted molar refractivity (Wildman–Crippen MR) is 59.4 cm³/mol. The Morgan fingerprint density at radius 3 is 2.29 bits per heavy atom. The van der Waals surface area contributed by atoms with Crippen molar-refractivity contribution in [3.63, 3.8) is 0 Å². The highest BCUT2D eigenvalue weighted by Crippen LogP contribution is 2.09. The van der Waals surface area contributed by atoms with E-state index in [1.54, 1.807) is 29.7 Å². The van der Waals surface area contributed by atoms with Gasteiger partial charge in [0.05, 0.1) is 0 Å². The topological polar surface area (TPSA) is 66.7 Å². The number of hydrogen-bond donors (Lipinski definition) is 0. The first-order chi connectivity index (χ1) is 8.08. The van der Waals surface area contributed by atoms with Crippen LogP contribution in [0, 0.1) is 6.92 Å². The molecule has 0 unspecified atom stereocenters. The first-order valence-electron chi connectivity index (χ1n) is 5.56. The second-order valence-corrected chi connectivity index (χ2v) is 4.12. The van der Waals surface area contributed by atoms with Crippen LogP contribution in [0.25, 0.3) is 0 Å². The molecule has 0 aromatic carbocycles. The van der Waals surface area contributed by atoms with Gasteiger partial charge in [-0.2, -0.15) is 0 Å². The van der Waals surface area contributed by atoms with E-state index in [1.165, 1.54) is 0 Å². The molecule has 1 fully saturated rings. The van der Waals surface area contributed by atoms with Crippen LogP contribution in [0.1, 0.15) is 23.2 Å². The van der Waals surface area contributed by atoms with Crippen LogP contribution in [0.4, 0.5) is 0 Å². The molecule has 1 saturated heterocycles. The lowest BCUT2D eigenvalue weighted by molar-refractivity contribution is -0.130. The minimum absolute atomic E-state index is 0.0504. The molecule has 0 saturated carbocycles. The van der Waals surface area contributed by atoms with E-state index in [9.17, 15) is 9.59 Å². The van der Waals surface area contributed by atoms with Crippen LogP contribution in [0.5, 0.6) is 0 Å². The summed E-state index contributed by atoms with van der Waals surface area (Å²) < 4.78 is 4.87. The molecule has 0 atom stereocenters. The summed E-state index contributed by atoms with van der Waals surface area (Å²) in [7, 11) is 0. The normalized spacial score (nSPS) is 16.1. The summed E-state index contributed by atoms with van der Waals surface area (Å²) in [4.78, 5) is 26.6. The van der Waals surface area contributed by atoms with E-state index in [0.717, 1.165) is 0 Å². The summed E-state index contributed by atoms with van der Waals surface area (Å²) in [6.45, 7) is 5.54. The Morgan fingerprint density at radius 1 is 1.24 bits per heavy atom. The highest BCUT2D eigenvalue weighted by molar-refractivity contribution is 5.92. The standard InChI is InChI=1S/C11H15N3O3/c1-8-7-10(12-17-8)11(16)14-5-3-13(4-6-14)9(2)15/h7H,3-6H2,1-2H3. The molecule has 0 radical (unpaired) electrons. The number of aromatic nitrogens is 1. The van der Waals surface area contributed by atoms with Gasteiger partial charge >= 0.3 is 0 Å². The molecule has 1 aromatic rings. The van der Waals surface area contributed by atoms with Crippen molar-refractivity contribution in [3.05, 3.63) is 17.5 Å². The Balaban J connectivity index is 1.97. The van der Waals surface area contributed by atoms with E-state index >= 15 is 0 Å². The van der Waals surface area contributed by atoms with Crippen LogP contribution in [0.2, 0.25) is 0 Å². The van der Waals surface area contributed by atoms with Crippen molar-refractivity contribution >= 4 is 11.8 Å². The maximum atomic E-state index is 12.0. The van der Waals surface area contributed by atoms with Crippen LogP contribution in [-0.4, -0.2) is 52.9 Å². The first kappa shape index (κ1) is 11.6. The molecule has 2 heterocycles. The van der Waals surface area contributed by atoms with Gasteiger partial charge in [0.15, 0.2) is 5.69 Å². The molecule has 1 aliphatic rings. The monoisotopic (exact) mass is 237 g/mol. The Kier molecular flexibility index (Phi) is 3.12. The number of carbonyl (C=O) groups excluding carboxylic acids is 2. The fourth-order valence-corrected chi connectivity index (χ4v) is 1.85. The predicted octanol–water partition coefficient (Wildman–Crippen LogP) is 0.287. The third-order valence-electron chi connectivity index (χ3n) is 2.86. The summed E-state index contributed by atoms with van der Waals surface area (Å²) in [5.74, 6) is 0.537. The Bertz CT molecular complexity index is 433. The molecule has 0 N–H and O–H groups in total. The number of rotatable bonds is 1. The van der Waals surface area contributed by atoms with Crippen LogP contribution >= 0.6 is 0 Å². The smallest absolute Gasteiger partial charge is 0.276 e. The van der Waals surface area contributed by atoms with Crippen molar-refractivity contribution in [3.8, 4) is 0 Å². The van der Waals surface area contributed by atoms with Crippen molar-refractivity contribution in [2.75, 3.05) is 26.2 Å². The average molecular weight is 237 g/mol. The summed E-state index contributed by atoms with van der Waals surface area (Å²) in [6.07, 6.45) is 0. The van der Waals surface area contributed by atoms with Gasteiger partial charge in [0, 0.05) is 39.2 Å². The molecule has 0 bridgehead atoms. The maximum absolute atomic E-state index is 12.0. The summed E-state index contributed by atoms with van der Waals surface area (Å²) in [5.41, 5.74) is 0.332. The lowest BCUT2D eigenvalue weighted by atomic mass is 10.2. The van der Waals surface area contributed by atoms with Gasteiger partial charge in [-0.05, 0) is 6.92 Å². The SMILES string of the molecule is CC(=O)N1CCN(C(=O)c2cc(C)on2)CC1. The van der Waals surface area contributed by atoms with Crippen molar-refractivity contribution < 1.29 is 14.1 Å². The van der Waals surface area contributed by atoms with Gasteiger partial charge in [-0.1, -0.05) is 5.16 Å². The fourth-order valence-electron chi connectivity index (χ4n) is 1.85. The summed E-state index contributed by atoms with van der Waals surface area (Å²) in [5, 5.41) is 3.70. The van der Waals surface area contributed by atoms with Gasteiger partial charge in [0.25, 0.3) is 5.91 Å². The molecule has 2 rings (SSSR count). The Morgan fingerprint density at radius 2 is 1.82 bits per heavy atom. The van der Waals surface area contributed by atoms with E-state index in [2.05, 4.69) is 5.16 Å². The minimum atomic E-state index is -0.134. The highest BCUT2D eigenvalue weighted by atomic mass is 16.5. The second-order valence-electron chi connectivity index (χ2n) is 4.12. The van der Waals surface area contributed by atoms with Gasteiger partial charge in [0.1, 0.15) is 5.76 Å². The lowest BCUT2D eigenvalue weighted by Crippen LogP contribution is -2.50. The molecule has 6 nitrogen and oxygen atoms in total. The van der Waals surface area contributed by atoms with Crippen LogP contribution in [0.3, 0.4) is 0 Å². The number of carbonyl (C=O) groups is 2. The van der Waals surface area contributed by atoms with Crippen LogP contribution in [-0.2, 0) is 4.79 Å². The van der Waals surface area contributed by atoms with Crippen LogP contribution in [0.15, 0.2) is 10.6 Å². The molecular formula is C11H15N3O3. The first-order valence-corrected chi connectivity index (χ1v) is 5.56. The maximum Gasteiger partial charge on any atom is 0.276 e. The van der Waals surface area contributed by atoms with Crippen molar-refractivity contribution in [1.82, 2.24) is 15.0 Å². The summed E-state index contributed by atoms with van der Waals surface area (Å²) >= 11 is 0. The molecule has 92 valence electrons. The molecule has 1 aliphatic heterocycles. The quantitative estimate of drug-likeness (QED) is 0.704. The number of aryl methyl sites for hydroxylation is 1. The third kappa shape index (κ3) is 2.46. The van der Waals surface area contributed by atoms with Gasteiger partial charge in [-0.3, -0.25) is 9.59 Å². The highest BCUT2D eigenvalue weighted by Gasteiger charge is 2.24. The summed E-state index contributed by atoms with van der Waals surface area (Å²) in [6, 6.07) is 1.62. The van der Waals surface area contributed by atoms with Crippen molar-refractivity contribution in [2.45, 2.75) is 13.8 Å². The Labute approximate surface area is 99.2 Å². The number of nitrogens with zero attached hydrogens (tertiary/aromatic N) is 3. The Hall–Kier alpha value is -1.85. The van der Waals surface area contributed by atoms with E-state index in [-0.39, 0.29) is 11.8 Å². The molecule has 2 amide bonds.